The van der Waals surface area contributed by atoms with Gasteiger partial charge in [-0.3, -0.25) is 18.3 Å². The molecule has 0 saturated carbocycles. The highest BCUT2D eigenvalue weighted by Gasteiger charge is 2.59. The van der Waals surface area contributed by atoms with E-state index in [0.717, 1.165) is 112 Å². The first-order valence-corrected chi connectivity index (χ1v) is 33.5. The SMILES string of the molecule is c1ccc(-n2c(-c3ccc4c(c3)C3(c5cc(-c6nc7ccccc7n6-c6ccccc6)ccc5-4)c4ccccc4C4(c5cc(-c6nc7ccccc7n6-c6ccccc6)ccc5-c5ccc(-c6nc7ccccc7n6-c6ccccc6)cc54)c4ccccc43)nc3ccccc32)cc1. The number of benzene rings is 14. The molecule has 3 aliphatic rings. The maximum atomic E-state index is 5.56. The van der Waals surface area contributed by atoms with E-state index in [9.17, 15) is 0 Å². The fraction of sp³-hybridized carbons (Fsp3) is 0.0222. The van der Waals surface area contributed by atoms with Crippen LogP contribution in [0.5, 0.6) is 0 Å². The second-order valence-electron chi connectivity index (χ2n) is 26.0. The summed E-state index contributed by atoms with van der Waals surface area (Å²) < 4.78 is 9.32. The quantitative estimate of drug-likeness (QED) is 0.152. The van der Waals surface area contributed by atoms with E-state index in [-0.39, 0.29) is 0 Å². The molecule has 0 atom stereocenters. The van der Waals surface area contributed by atoms with Gasteiger partial charge in [-0.25, -0.2) is 19.9 Å². The minimum absolute atomic E-state index is 0.874. The van der Waals surface area contributed by atoms with Crippen LogP contribution in [0.1, 0.15) is 44.5 Å². The lowest BCUT2D eigenvalue weighted by atomic mass is 9.52. The second-order valence-corrected chi connectivity index (χ2v) is 26.0. The van der Waals surface area contributed by atoms with Crippen LogP contribution in [0, 0.1) is 0 Å². The number of hydrogen-bond donors (Lipinski definition) is 0. The summed E-state index contributed by atoms with van der Waals surface area (Å²) in [7, 11) is 0. The molecule has 2 spiro atoms. The molecule has 3 aliphatic carbocycles. The fourth-order valence-corrected chi connectivity index (χ4v) is 17.2. The summed E-state index contributed by atoms with van der Waals surface area (Å²) in [5, 5.41) is 0. The Morgan fingerprint density at radius 1 is 0.184 bits per heavy atom. The molecule has 0 radical (unpaired) electrons. The van der Waals surface area contributed by atoms with Crippen LogP contribution >= 0.6 is 0 Å². The van der Waals surface area contributed by atoms with E-state index in [2.05, 4.69) is 358 Å². The third-order valence-electron chi connectivity index (χ3n) is 21.1. The Bertz CT molecular complexity index is 5540. The predicted octanol–water partition coefficient (Wildman–Crippen LogP) is 20.7. The van der Waals surface area contributed by atoms with Crippen molar-refractivity contribution in [3.8, 4) is 90.6 Å². The van der Waals surface area contributed by atoms with Gasteiger partial charge in [-0.1, -0.05) is 218 Å². The molecule has 0 unspecified atom stereocenters. The van der Waals surface area contributed by atoms with E-state index in [1.54, 1.807) is 0 Å². The molecule has 8 heteroatoms. The van der Waals surface area contributed by atoms with Gasteiger partial charge in [0.2, 0.25) is 0 Å². The summed E-state index contributed by atoms with van der Waals surface area (Å²) in [5.74, 6) is 3.50. The molecule has 0 N–H and O–H groups in total. The molecular formula is C90H56N8. The van der Waals surface area contributed by atoms with Gasteiger partial charge in [-0.2, -0.15) is 0 Å². The highest BCUT2D eigenvalue weighted by molar-refractivity contribution is 5.98. The number of aromatic nitrogens is 8. The van der Waals surface area contributed by atoms with Crippen molar-refractivity contribution in [3.05, 3.63) is 384 Å². The van der Waals surface area contributed by atoms with Crippen LogP contribution in [0.2, 0.25) is 0 Å². The highest BCUT2D eigenvalue weighted by Crippen LogP contribution is 2.68. The van der Waals surface area contributed by atoms with Gasteiger partial charge in [0, 0.05) is 45.0 Å². The molecule has 0 aliphatic heterocycles. The molecule has 0 fully saturated rings. The first kappa shape index (κ1) is 54.4. The van der Waals surface area contributed by atoms with Crippen molar-refractivity contribution >= 4 is 44.1 Å². The average Bonchev–Trinajstić information content (AvgIpc) is 1.42. The topological polar surface area (TPSA) is 71.3 Å². The molecule has 456 valence electrons. The van der Waals surface area contributed by atoms with Gasteiger partial charge in [0.05, 0.1) is 55.0 Å². The van der Waals surface area contributed by atoms with Gasteiger partial charge >= 0.3 is 0 Å². The minimum atomic E-state index is -0.914. The summed E-state index contributed by atoms with van der Waals surface area (Å²) in [6, 6.07) is 124. The lowest BCUT2D eigenvalue weighted by Gasteiger charge is -2.49. The number of para-hydroxylation sites is 12. The zero-order chi connectivity index (χ0) is 64.2. The third kappa shape index (κ3) is 7.48. The molecule has 8 nitrogen and oxygen atoms in total. The second kappa shape index (κ2) is 20.7. The van der Waals surface area contributed by atoms with Crippen molar-refractivity contribution in [1.82, 2.24) is 38.2 Å². The van der Waals surface area contributed by atoms with E-state index < -0.39 is 10.8 Å². The molecular weight excluding hydrogens is 1190 g/mol. The Kier molecular flexibility index (Phi) is 11.5. The number of fused-ring (bicyclic) bond motifs is 20. The zero-order valence-electron chi connectivity index (χ0n) is 52.9. The number of rotatable bonds is 8. The average molecular weight is 1250 g/mol. The van der Waals surface area contributed by atoms with Crippen LogP contribution in [0.25, 0.3) is 135 Å². The summed E-state index contributed by atoms with van der Waals surface area (Å²) in [6.45, 7) is 0. The number of hydrogen-bond acceptors (Lipinski definition) is 4. The summed E-state index contributed by atoms with van der Waals surface area (Å²) in [4.78, 5) is 22.2. The van der Waals surface area contributed by atoms with E-state index in [1.807, 2.05) is 0 Å². The normalized spacial score (nSPS) is 13.5. The first-order valence-electron chi connectivity index (χ1n) is 33.5. The van der Waals surface area contributed by atoms with Crippen molar-refractivity contribution in [2.24, 2.45) is 0 Å². The van der Waals surface area contributed by atoms with Crippen molar-refractivity contribution in [3.63, 3.8) is 0 Å². The van der Waals surface area contributed by atoms with Crippen LogP contribution in [0.4, 0.5) is 0 Å². The van der Waals surface area contributed by atoms with Crippen LogP contribution in [-0.2, 0) is 10.8 Å². The predicted molar refractivity (Wildman–Crippen MR) is 395 cm³/mol. The number of imidazole rings is 4. The van der Waals surface area contributed by atoms with Gasteiger partial charge in [-0.15, -0.1) is 0 Å². The molecule has 0 amide bonds. The molecule has 0 saturated heterocycles. The highest BCUT2D eigenvalue weighted by atomic mass is 15.1. The Morgan fingerprint density at radius 2 is 0.388 bits per heavy atom. The monoisotopic (exact) mass is 1250 g/mol. The van der Waals surface area contributed by atoms with Crippen LogP contribution in [0.15, 0.2) is 340 Å². The first-order chi connectivity index (χ1) is 48.6. The number of nitrogens with zero attached hydrogens (tertiary/aromatic N) is 8. The Hall–Kier alpha value is -13.0. The fourth-order valence-electron chi connectivity index (χ4n) is 17.2. The zero-order valence-corrected chi connectivity index (χ0v) is 52.9. The Balaban J connectivity index is 0.881. The summed E-state index contributed by atoms with van der Waals surface area (Å²) >= 11 is 0. The van der Waals surface area contributed by atoms with Gasteiger partial charge < -0.3 is 0 Å². The van der Waals surface area contributed by atoms with Gasteiger partial charge in [-0.05, 0) is 188 Å². The maximum Gasteiger partial charge on any atom is 0.145 e. The Labute approximate surface area is 564 Å². The summed E-state index contributed by atoms with van der Waals surface area (Å²) in [5.41, 5.74) is 28.6. The van der Waals surface area contributed by atoms with Crippen molar-refractivity contribution in [1.29, 1.82) is 0 Å². The lowest BCUT2D eigenvalue weighted by Crippen LogP contribution is -2.43. The molecule has 21 rings (SSSR count). The molecule has 98 heavy (non-hydrogen) atoms. The van der Waals surface area contributed by atoms with Crippen LogP contribution in [0.3, 0.4) is 0 Å². The standard InChI is InChI=1S/C90H56N8/c1-5-25-61(26-6-1)95-81-41-21-17-37-77(81)91-85(95)57-45-49-65-66-50-46-58(86-92-78-38-18-22-42-82(78)96(86)62-27-7-2-8-28-62)54-74(66)89(73(65)53-57)69-33-13-15-35-71(69)90(72-36-16-14-34-70(72)89)75-55-59(87-93-79-39-19-23-43-83(79)97(87)63-29-9-3-10-30-63)47-51-67(75)68-52-48-60(56-76(68)90)88-94-80-40-20-24-44-84(80)98(88)64-31-11-4-12-32-64/h1-56H. The van der Waals surface area contributed by atoms with Crippen molar-refractivity contribution in [2.45, 2.75) is 10.8 Å². The molecule has 4 heterocycles. The Morgan fingerprint density at radius 3 is 0.622 bits per heavy atom. The van der Waals surface area contributed by atoms with Crippen molar-refractivity contribution in [2.75, 3.05) is 0 Å². The summed E-state index contributed by atoms with van der Waals surface area (Å²) in [6.07, 6.45) is 0. The largest absolute Gasteiger partial charge is 0.292 e. The maximum absolute atomic E-state index is 5.56. The lowest BCUT2D eigenvalue weighted by molar-refractivity contribution is 0.633. The molecule has 18 aromatic rings. The van der Waals surface area contributed by atoms with E-state index in [4.69, 9.17) is 19.9 Å². The smallest absolute Gasteiger partial charge is 0.145 e. The third-order valence-corrected chi connectivity index (χ3v) is 21.1. The van der Waals surface area contributed by atoms with E-state index in [1.165, 1.54) is 66.8 Å². The van der Waals surface area contributed by atoms with Crippen molar-refractivity contribution < 1.29 is 0 Å². The van der Waals surface area contributed by atoms with Crippen LogP contribution in [-0.4, -0.2) is 38.2 Å². The molecule has 14 aromatic carbocycles. The minimum Gasteiger partial charge on any atom is -0.292 e. The van der Waals surface area contributed by atoms with Gasteiger partial charge in [0.1, 0.15) is 23.3 Å². The van der Waals surface area contributed by atoms with Gasteiger partial charge in [0.25, 0.3) is 0 Å². The van der Waals surface area contributed by atoms with E-state index in [0.29, 0.717) is 0 Å². The van der Waals surface area contributed by atoms with Gasteiger partial charge in [0.15, 0.2) is 0 Å². The van der Waals surface area contributed by atoms with E-state index >= 15 is 0 Å². The van der Waals surface area contributed by atoms with Crippen LogP contribution < -0.4 is 0 Å². The molecule has 0 bridgehead atoms. The molecule has 4 aromatic heterocycles.